The summed E-state index contributed by atoms with van der Waals surface area (Å²) in [6.07, 6.45) is 1.07. The van der Waals surface area contributed by atoms with E-state index in [-0.39, 0.29) is 0 Å². The zero-order chi connectivity index (χ0) is 10.4. The smallest absolute Gasteiger partial charge is 0.0883 e. The van der Waals surface area contributed by atoms with Crippen molar-refractivity contribution in [2.24, 2.45) is 0 Å². The normalized spacial score (nSPS) is 12.3. The molecule has 1 aliphatic carbocycles. The maximum Gasteiger partial charge on any atom is 0.139 e. The van der Waals surface area contributed by atoms with Crippen molar-refractivity contribution in [3.63, 3.8) is 0 Å². The molecule has 3 rings (SSSR count). The van der Waals surface area contributed by atoms with Crippen LogP contribution in [0.15, 0.2) is 40.9 Å². The summed E-state index contributed by atoms with van der Waals surface area (Å²) in [4.78, 5) is 0. The monoisotopic (exact) mass is 256 g/mol. The summed E-state index contributed by atoms with van der Waals surface area (Å²) < 4.78 is 1.17. The molecule has 0 bridgehead atoms. The van der Waals surface area contributed by atoms with E-state index in [2.05, 4.69) is 60.2 Å². The summed E-state index contributed by atoms with van der Waals surface area (Å²) >= 11 is 3.52. The topological polar surface area (TPSA) is 0 Å². The highest BCUT2D eigenvalue weighted by atomic mass is 79.9. The highest BCUT2D eigenvalue weighted by Gasteiger charge is 2.17. The minimum absolute atomic E-state index is 1.07. The Morgan fingerprint density at radius 3 is 2.67 bits per heavy atom. The fraction of sp³-hybridized carbons (Fsp3) is 0.0769. The molecule has 2 aromatic rings. The Morgan fingerprint density at radius 1 is 0.933 bits per heavy atom. The quantitative estimate of drug-likeness (QED) is 0.542. The zero-order valence-corrected chi connectivity index (χ0v) is 10.1. The molecule has 0 heterocycles. The molecule has 0 aromatic heterocycles. The van der Waals surface area contributed by atoms with Crippen LogP contribution in [0, 0.1) is 0 Å². The van der Waals surface area contributed by atoms with Gasteiger partial charge in [0.25, 0.3) is 0 Å². The van der Waals surface area contributed by atoms with Gasteiger partial charge in [-0.1, -0.05) is 45.7 Å². The van der Waals surface area contributed by atoms with E-state index >= 15 is 0 Å². The lowest BCUT2D eigenvalue weighted by Crippen LogP contribution is -2.01. The maximum atomic E-state index is 3.52. The Bertz CT molecular complexity index is 546. The van der Waals surface area contributed by atoms with Crippen LogP contribution in [0.1, 0.15) is 11.1 Å². The third-order valence-electron chi connectivity index (χ3n) is 3.00. The molecule has 0 amide bonds. The molecule has 0 radical (unpaired) electrons. The first-order valence-corrected chi connectivity index (χ1v) is 5.92. The van der Waals surface area contributed by atoms with Crippen LogP contribution in [-0.2, 0) is 6.42 Å². The van der Waals surface area contributed by atoms with Crippen molar-refractivity contribution in [1.29, 1.82) is 0 Å². The minimum atomic E-state index is 1.07. The van der Waals surface area contributed by atoms with Crippen LogP contribution in [0.3, 0.4) is 0 Å². The van der Waals surface area contributed by atoms with E-state index in [0.29, 0.717) is 0 Å². The first kappa shape index (κ1) is 9.23. The van der Waals surface area contributed by atoms with Crippen molar-refractivity contribution in [2.45, 2.75) is 6.42 Å². The number of hydrogen-bond acceptors (Lipinski definition) is 0. The second kappa shape index (κ2) is 3.24. The van der Waals surface area contributed by atoms with Crippen molar-refractivity contribution in [3.05, 3.63) is 52.0 Å². The second-order valence-corrected chi connectivity index (χ2v) is 5.05. The standard InChI is InChI=1S/C13H10BBr/c14-10-2-1-8-5-9-6-11(15)3-4-12(9)13(8)7-10/h1-4,6-7H,5,14H2. The summed E-state index contributed by atoms with van der Waals surface area (Å²) in [5, 5.41) is 0. The number of rotatable bonds is 0. The molecule has 72 valence electrons. The Balaban J connectivity index is 2.26. The van der Waals surface area contributed by atoms with Crippen LogP contribution < -0.4 is 5.46 Å². The number of fused-ring (bicyclic) bond motifs is 3. The van der Waals surface area contributed by atoms with Gasteiger partial charge < -0.3 is 0 Å². The third kappa shape index (κ3) is 1.44. The van der Waals surface area contributed by atoms with Crippen molar-refractivity contribution in [3.8, 4) is 11.1 Å². The molecule has 0 unspecified atom stereocenters. The molecule has 0 N–H and O–H groups in total. The van der Waals surface area contributed by atoms with E-state index in [1.165, 1.54) is 32.2 Å². The largest absolute Gasteiger partial charge is 0.139 e. The molecule has 0 atom stereocenters. The summed E-state index contributed by atoms with van der Waals surface area (Å²) in [5.41, 5.74) is 7.04. The highest BCUT2D eigenvalue weighted by Crippen LogP contribution is 2.36. The minimum Gasteiger partial charge on any atom is -0.0883 e. The zero-order valence-electron chi connectivity index (χ0n) is 8.55. The third-order valence-corrected chi connectivity index (χ3v) is 3.50. The van der Waals surface area contributed by atoms with Gasteiger partial charge in [-0.05, 0) is 40.8 Å². The molecule has 0 saturated carbocycles. The van der Waals surface area contributed by atoms with Gasteiger partial charge in [0.1, 0.15) is 7.85 Å². The average molecular weight is 257 g/mol. The Morgan fingerprint density at radius 2 is 1.80 bits per heavy atom. The highest BCUT2D eigenvalue weighted by molar-refractivity contribution is 9.10. The van der Waals surface area contributed by atoms with Gasteiger partial charge in [0.05, 0.1) is 0 Å². The van der Waals surface area contributed by atoms with Gasteiger partial charge in [0.15, 0.2) is 0 Å². The van der Waals surface area contributed by atoms with Crippen molar-refractivity contribution >= 4 is 29.2 Å². The Hall–Kier alpha value is -1.02. The average Bonchev–Trinajstić information content (AvgIpc) is 2.54. The maximum absolute atomic E-state index is 3.52. The van der Waals surface area contributed by atoms with Gasteiger partial charge in [-0.15, -0.1) is 0 Å². The number of hydrogen-bond donors (Lipinski definition) is 0. The van der Waals surface area contributed by atoms with Crippen LogP contribution in [0.25, 0.3) is 11.1 Å². The van der Waals surface area contributed by atoms with Gasteiger partial charge in [-0.25, -0.2) is 0 Å². The first-order chi connectivity index (χ1) is 7.24. The summed E-state index contributed by atoms with van der Waals surface area (Å²) in [7, 11) is 2.15. The van der Waals surface area contributed by atoms with Gasteiger partial charge in [0.2, 0.25) is 0 Å². The van der Waals surface area contributed by atoms with Crippen LogP contribution in [0.2, 0.25) is 0 Å². The fourth-order valence-corrected chi connectivity index (χ4v) is 2.68. The van der Waals surface area contributed by atoms with E-state index in [0.717, 1.165) is 6.42 Å². The fourth-order valence-electron chi connectivity index (χ4n) is 2.27. The van der Waals surface area contributed by atoms with Crippen molar-refractivity contribution in [1.82, 2.24) is 0 Å². The molecule has 1 aliphatic rings. The SMILES string of the molecule is Bc1ccc2c(c1)-c1ccc(Br)cc1C2. The molecule has 0 fully saturated rings. The van der Waals surface area contributed by atoms with Gasteiger partial charge in [-0.3, -0.25) is 0 Å². The lowest BCUT2D eigenvalue weighted by atomic mass is 9.92. The Kier molecular flexibility index (Phi) is 1.99. The Labute approximate surface area is 98.9 Å². The van der Waals surface area contributed by atoms with E-state index in [4.69, 9.17) is 0 Å². The predicted octanol–water partition coefficient (Wildman–Crippen LogP) is 2.28. The molecule has 15 heavy (non-hydrogen) atoms. The molecule has 2 aromatic carbocycles. The van der Waals surface area contributed by atoms with Crippen molar-refractivity contribution < 1.29 is 0 Å². The molecular formula is C13H10BBr. The second-order valence-electron chi connectivity index (χ2n) is 4.14. The van der Waals surface area contributed by atoms with Crippen molar-refractivity contribution in [2.75, 3.05) is 0 Å². The number of halogens is 1. The van der Waals surface area contributed by atoms with Gasteiger partial charge >= 0.3 is 0 Å². The van der Waals surface area contributed by atoms with Crippen LogP contribution in [0.5, 0.6) is 0 Å². The van der Waals surface area contributed by atoms with E-state index in [1.807, 2.05) is 0 Å². The van der Waals surface area contributed by atoms with Gasteiger partial charge in [0, 0.05) is 4.47 Å². The van der Waals surface area contributed by atoms with Crippen LogP contribution >= 0.6 is 15.9 Å². The summed E-state index contributed by atoms with van der Waals surface area (Å²) in [5.74, 6) is 0. The lowest BCUT2D eigenvalue weighted by molar-refractivity contribution is 1.26. The summed E-state index contributed by atoms with van der Waals surface area (Å²) in [6, 6.07) is 13.3. The van der Waals surface area contributed by atoms with Gasteiger partial charge in [-0.2, -0.15) is 0 Å². The lowest BCUT2D eigenvalue weighted by Gasteiger charge is -2.02. The first-order valence-electron chi connectivity index (χ1n) is 5.12. The van der Waals surface area contributed by atoms with E-state index in [9.17, 15) is 0 Å². The summed E-state index contributed by atoms with van der Waals surface area (Å²) in [6.45, 7) is 0. The molecule has 0 aliphatic heterocycles. The van der Waals surface area contributed by atoms with Crippen LogP contribution in [-0.4, -0.2) is 7.85 Å². The number of benzene rings is 2. The van der Waals surface area contributed by atoms with Crippen LogP contribution in [0.4, 0.5) is 0 Å². The molecule has 0 saturated heterocycles. The molecule has 2 heteroatoms. The molecule has 0 spiro atoms. The predicted molar refractivity (Wildman–Crippen MR) is 70.6 cm³/mol. The molecular weight excluding hydrogens is 247 g/mol. The molecule has 0 nitrogen and oxygen atoms in total. The van der Waals surface area contributed by atoms with E-state index < -0.39 is 0 Å². The van der Waals surface area contributed by atoms with E-state index in [1.54, 1.807) is 0 Å².